The van der Waals surface area contributed by atoms with Crippen LogP contribution in [0.15, 0.2) is 30.3 Å². The Morgan fingerprint density at radius 2 is 1.78 bits per heavy atom. The van der Waals surface area contributed by atoms with Gasteiger partial charge in [-0.2, -0.15) is 0 Å². The number of carbonyl (C=O) groups excluding carboxylic acids is 1. The van der Waals surface area contributed by atoms with Crippen molar-refractivity contribution in [3.63, 3.8) is 0 Å². The topological polar surface area (TPSA) is 54.0 Å². The molecule has 6 heteroatoms. The summed E-state index contributed by atoms with van der Waals surface area (Å²) in [5, 5.41) is 0. The highest BCUT2D eigenvalue weighted by molar-refractivity contribution is 6.70. The Labute approximate surface area is 137 Å². The normalized spacial score (nSPS) is 39.2. The molecular weight excluding hydrogens is 312 g/mol. The van der Waals surface area contributed by atoms with Crippen LogP contribution in [0, 0.1) is 0 Å². The highest BCUT2D eigenvalue weighted by Gasteiger charge is 2.63. The van der Waals surface area contributed by atoms with Gasteiger partial charge < -0.3 is 18.6 Å². The maximum atomic E-state index is 12.4. The van der Waals surface area contributed by atoms with E-state index in [1.54, 1.807) is 0 Å². The first-order chi connectivity index (χ1) is 10.9. The Balaban J connectivity index is 1.57. The lowest BCUT2D eigenvalue weighted by Gasteiger charge is -2.37. The van der Waals surface area contributed by atoms with E-state index in [-0.39, 0.29) is 24.3 Å². The molecule has 5 atom stereocenters. The standard InChI is InChI=1S/C17H22O5Si/c1-23(2,3)22-17-9-12-14(13(10-17)20-16(17)18)21-15(19-12)11-7-5-4-6-8-11/h4-8,12-15H,9-10H2,1-3H3/t12-,13-,14-,15+,17+/m1/s1. The molecule has 1 aliphatic carbocycles. The SMILES string of the molecule is C[Si](C)(C)O[C@@]12C[C@@H](OC1=O)[C@@H]1O[C@@H](c3ccccc3)O[C@@H]1C2. The third-order valence-electron chi connectivity index (χ3n) is 4.58. The molecule has 0 aromatic heterocycles. The van der Waals surface area contributed by atoms with E-state index < -0.39 is 20.2 Å². The first-order valence-electron chi connectivity index (χ1n) is 8.13. The molecule has 4 rings (SSSR count). The average molecular weight is 334 g/mol. The molecule has 0 spiro atoms. The van der Waals surface area contributed by atoms with Crippen LogP contribution in [-0.2, 0) is 23.4 Å². The molecule has 2 heterocycles. The quantitative estimate of drug-likeness (QED) is 0.628. The van der Waals surface area contributed by atoms with E-state index in [0.29, 0.717) is 12.8 Å². The van der Waals surface area contributed by atoms with Crippen molar-refractivity contribution >= 4 is 14.3 Å². The van der Waals surface area contributed by atoms with Gasteiger partial charge in [-0.3, -0.25) is 0 Å². The van der Waals surface area contributed by atoms with Crippen molar-refractivity contribution in [1.82, 2.24) is 0 Å². The fourth-order valence-corrected chi connectivity index (χ4v) is 5.26. The molecule has 2 bridgehead atoms. The molecule has 2 aliphatic heterocycles. The van der Waals surface area contributed by atoms with Crippen molar-refractivity contribution in [2.75, 3.05) is 0 Å². The monoisotopic (exact) mass is 334 g/mol. The molecule has 124 valence electrons. The number of ether oxygens (including phenoxy) is 3. The number of fused-ring (bicyclic) bond motifs is 4. The zero-order chi connectivity index (χ0) is 16.2. The van der Waals surface area contributed by atoms with E-state index in [0.717, 1.165) is 5.56 Å². The molecular formula is C17H22O5Si. The second kappa shape index (κ2) is 5.14. The molecule has 2 saturated heterocycles. The summed E-state index contributed by atoms with van der Waals surface area (Å²) in [6.45, 7) is 6.27. The highest BCUT2D eigenvalue weighted by Crippen LogP contribution is 2.49. The summed E-state index contributed by atoms with van der Waals surface area (Å²) in [6.07, 6.45) is 0.0502. The zero-order valence-electron chi connectivity index (χ0n) is 13.7. The van der Waals surface area contributed by atoms with Gasteiger partial charge in [-0.25, -0.2) is 4.79 Å². The Morgan fingerprint density at radius 1 is 1.09 bits per heavy atom. The summed E-state index contributed by atoms with van der Waals surface area (Å²) in [4.78, 5) is 12.4. The number of hydrogen-bond donors (Lipinski definition) is 0. The van der Waals surface area contributed by atoms with Crippen molar-refractivity contribution < 1.29 is 23.4 Å². The van der Waals surface area contributed by atoms with E-state index in [1.807, 2.05) is 30.3 Å². The van der Waals surface area contributed by atoms with Crippen LogP contribution in [0.25, 0.3) is 0 Å². The number of hydrogen-bond acceptors (Lipinski definition) is 5. The van der Waals surface area contributed by atoms with Crippen LogP contribution in [0.2, 0.25) is 19.6 Å². The van der Waals surface area contributed by atoms with Gasteiger partial charge >= 0.3 is 5.97 Å². The molecule has 0 amide bonds. The lowest BCUT2D eigenvalue weighted by Crippen LogP contribution is -2.52. The maximum Gasteiger partial charge on any atom is 0.337 e. The molecule has 0 N–H and O–H groups in total. The third-order valence-corrected chi connectivity index (χ3v) is 5.58. The molecule has 1 aromatic carbocycles. The van der Waals surface area contributed by atoms with Crippen molar-refractivity contribution in [3.8, 4) is 0 Å². The van der Waals surface area contributed by atoms with Crippen LogP contribution in [0.3, 0.4) is 0 Å². The summed E-state index contributed by atoms with van der Waals surface area (Å²) in [5.41, 5.74) is 0.148. The largest absolute Gasteiger partial charge is 0.457 e. The van der Waals surface area contributed by atoms with Crippen LogP contribution in [0.5, 0.6) is 0 Å². The van der Waals surface area contributed by atoms with Gasteiger partial charge in [0.2, 0.25) is 0 Å². The van der Waals surface area contributed by atoms with Crippen molar-refractivity contribution in [2.24, 2.45) is 0 Å². The van der Waals surface area contributed by atoms with E-state index in [2.05, 4.69) is 19.6 Å². The van der Waals surface area contributed by atoms with E-state index >= 15 is 0 Å². The van der Waals surface area contributed by atoms with E-state index in [1.165, 1.54) is 0 Å². The van der Waals surface area contributed by atoms with E-state index in [4.69, 9.17) is 18.6 Å². The molecule has 3 aliphatic rings. The smallest absolute Gasteiger partial charge is 0.337 e. The van der Waals surface area contributed by atoms with Crippen molar-refractivity contribution in [3.05, 3.63) is 35.9 Å². The van der Waals surface area contributed by atoms with Gasteiger partial charge in [-0.15, -0.1) is 0 Å². The number of rotatable bonds is 3. The van der Waals surface area contributed by atoms with Crippen LogP contribution < -0.4 is 0 Å². The van der Waals surface area contributed by atoms with Gasteiger partial charge in [0.1, 0.15) is 12.2 Å². The van der Waals surface area contributed by atoms with Crippen LogP contribution in [0.4, 0.5) is 0 Å². The summed E-state index contributed by atoms with van der Waals surface area (Å²) < 4.78 is 24.0. The summed E-state index contributed by atoms with van der Waals surface area (Å²) in [7, 11) is -1.88. The Hall–Kier alpha value is -1.21. The first-order valence-corrected chi connectivity index (χ1v) is 11.5. The molecule has 1 saturated carbocycles. The fraction of sp³-hybridized carbons (Fsp3) is 0.588. The fourth-order valence-electron chi connectivity index (χ4n) is 3.84. The summed E-state index contributed by atoms with van der Waals surface area (Å²) in [5.74, 6) is -0.247. The van der Waals surface area contributed by atoms with Gasteiger partial charge in [0.25, 0.3) is 0 Å². The second-order valence-electron chi connectivity index (χ2n) is 7.58. The molecule has 3 fully saturated rings. The lowest BCUT2D eigenvalue weighted by molar-refractivity contribution is -0.157. The summed E-state index contributed by atoms with van der Waals surface area (Å²) in [6, 6.07) is 9.87. The van der Waals surface area contributed by atoms with Gasteiger partial charge in [-0.1, -0.05) is 30.3 Å². The Bertz CT molecular complexity index is 613. The van der Waals surface area contributed by atoms with E-state index in [9.17, 15) is 4.79 Å². The Kier molecular flexibility index (Phi) is 3.43. The maximum absolute atomic E-state index is 12.4. The zero-order valence-corrected chi connectivity index (χ0v) is 14.7. The minimum absolute atomic E-state index is 0.165. The molecule has 1 aromatic rings. The van der Waals surface area contributed by atoms with Crippen molar-refractivity contribution in [2.45, 2.75) is 62.7 Å². The average Bonchev–Trinajstić information content (AvgIpc) is 3.00. The highest BCUT2D eigenvalue weighted by atomic mass is 28.4. The molecule has 23 heavy (non-hydrogen) atoms. The number of benzene rings is 1. The second-order valence-corrected chi connectivity index (χ2v) is 12.0. The van der Waals surface area contributed by atoms with Crippen molar-refractivity contribution in [1.29, 1.82) is 0 Å². The van der Waals surface area contributed by atoms with Crippen LogP contribution in [0.1, 0.15) is 24.7 Å². The molecule has 0 unspecified atom stereocenters. The Morgan fingerprint density at radius 3 is 2.48 bits per heavy atom. The molecule has 5 nitrogen and oxygen atoms in total. The van der Waals surface area contributed by atoms with Gasteiger partial charge in [0.15, 0.2) is 20.2 Å². The van der Waals surface area contributed by atoms with Gasteiger partial charge in [0.05, 0.1) is 6.10 Å². The van der Waals surface area contributed by atoms with Crippen LogP contribution in [-0.4, -0.2) is 38.2 Å². The number of carbonyl (C=O) groups is 1. The first kappa shape index (κ1) is 15.3. The minimum Gasteiger partial charge on any atom is -0.457 e. The van der Waals surface area contributed by atoms with Gasteiger partial charge in [0, 0.05) is 18.4 Å². The minimum atomic E-state index is -1.88. The molecule has 0 radical (unpaired) electrons. The predicted molar refractivity (Wildman–Crippen MR) is 85.2 cm³/mol. The van der Waals surface area contributed by atoms with Crippen LogP contribution >= 0.6 is 0 Å². The summed E-state index contributed by atoms with van der Waals surface area (Å²) >= 11 is 0. The third kappa shape index (κ3) is 2.63. The van der Waals surface area contributed by atoms with Gasteiger partial charge in [-0.05, 0) is 19.6 Å². The predicted octanol–water partition coefficient (Wildman–Crippen LogP) is 2.78. The lowest BCUT2D eigenvalue weighted by atomic mass is 9.82. The number of esters is 1.